The van der Waals surface area contributed by atoms with Crippen LogP contribution in [0.4, 0.5) is 0 Å². The van der Waals surface area contributed by atoms with Crippen LogP contribution in [0.2, 0.25) is 0 Å². The van der Waals surface area contributed by atoms with Gasteiger partial charge in [0, 0.05) is 37.7 Å². The summed E-state index contributed by atoms with van der Waals surface area (Å²) >= 11 is 0. The number of amides is 1. The molecule has 1 aromatic heterocycles. The van der Waals surface area contributed by atoms with Gasteiger partial charge in [-0.05, 0) is 49.9 Å². The number of likely N-dealkylation sites (tertiary alicyclic amines) is 1. The number of methoxy groups -OCH3 is 1. The van der Waals surface area contributed by atoms with Crippen molar-refractivity contribution in [1.29, 1.82) is 0 Å². The van der Waals surface area contributed by atoms with Gasteiger partial charge in [0.15, 0.2) is 0 Å². The minimum absolute atomic E-state index is 0.0401. The number of rotatable bonds is 4. The SMILES string of the molecule is COC(=O)c1ccc(C(=O)N2CCC(c3nn(C)c(=O)n3C3CC3)CC2)cc1. The molecular weight excluding hydrogens is 360 g/mol. The second-order valence-corrected chi connectivity index (χ2v) is 7.50. The third kappa shape index (κ3) is 3.34. The van der Waals surface area contributed by atoms with E-state index < -0.39 is 5.97 Å². The summed E-state index contributed by atoms with van der Waals surface area (Å²) in [5, 5.41) is 4.48. The highest BCUT2D eigenvalue weighted by Gasteiger charge is 2.34. The zero-order valence-corrected chi connectivity index (χ0v) is 16.1. The molecule has 148 valence electrons. The van der Waals surface area contributed by atoms with Gasteiger partial charge in [-0.25, -0.2) is 14.3 Å². The van der Waals surface area contributed by atoms with Gasteiger partial charge in [-0.15, -0.1) is 0 Å². The molecule has 1 aliphatic carbocycles. The van der Waals surface area contributed by atoms with Crippen LogP contribution in [0, 0.1) is 0 Å². The molecule has 2 aromatic rings. The van der Waals surface area contributed by atoms with Crippen molar-refractivity contribution >= 4 is 11.9 Å². The molecule has 0 atom stereocenters. The number of hydrogen-bond acceptors (Lipinski definition) is 5. The standard InChI is InChI=1S/C20H24N4O4/c1-22-20(27)24(16-7-8-16)17(21-22)13-9-11-23(12-10-13)18(25)14-3-5-15(6-4-14)19(26)28-2/h3-6,13,16H,7-12H2,1-2H3. The third-order valence-corrected chi connectivity index (χ3v) is 5.59. The summed E-state index contributed by atoms with van der Waals surface area (Å²) in [4.78, 5) is 38.5. The minimum Gasteiger partial charge on any atom is -0.465 e. The Morgan fingerprint density at radius 3 is 2.21 bits per heavy atom. The molecule has 2 fully saturated rings. The zero-order chi connectivity index (χ0) is 19.8. The normalized spacial score (nSPS) is 17.6. The van der Waals surface area contributed by atoms with Crippen LogP contribution in [0.5, 0.6) is 0 Å². The fraction of sp³-hybridized carbons (Fsp3) is 0.500. The molecule has 0 spiro atoms. The number of benzene rings is 1. The fourth-order valence-electron chi connectivity index (χ4n) is 3.84. The molecule has 0 N–H and O–H groups in total. The lowest BCUT2D eigenvalue weighted by Crippen LogP contribution is -2.38. The van der Waals surface area contributed by atoms with Crippen molar-refractivity contribution in [3.63, 3.8) is 0 Å². The first kappa shape index (κ1) is 18.5. The van der Waals surface area contributed by atoms with Crippen LogP contribution in [0.1, 0.15) is 64.2 Å². The second-order valence-electron chi connectivity index (χ2n) is 7.50. The number of hydrogen-bond donors (Lipinski definition) is 0. The van der Waals surface area contributed by atoms with Crippen LogP contribution in [0.25, 0.3) is 0 Å². The molecule has 1 aromatic carbocycles. The van der Waals surface area contributed by atoms with E-state index in [2.05, 4.69) is 9.84 Å². The Morgan fingerprint density at radius 2 is 1.64 bits per heavy atom. The first-order valence-electron chi connectivity index (χ1n) is 9.62. The molecule has 0 bridgehead atoms. The Kier molecular flexibility index (Phi) is 4.78. The van der Waals surface area contributed by atoms with Gasteiger partial charge in [0.1, 0.15) is 5.82 Å². The molecule has 28 heavy (non-hydrogen) atoms. The molecule has 0 unspecified atom stereocenters. The maximum absolute atomic E-state index is 12.8. The van der Waals surface area contributed by atoms with E-state index in [0.717, 1.165) is 31.5 Å². The third-order valence-electron chi connectivity index (χ3n) is 5.59. The van der Waals surface area contributed by atoms with Crippen molar-refractivity contribution in [1.82, 2.24) is 19.2 Å². The number of ether oxygens (including phenoxy) is 1. The molecule has 2 aliphatic rings. The van der Waals surface area contributed by atoms with Gasteiger partial charge in [-0.2, -0.15) is 5.10 Å². The molecule has 4 rings (SSSR count). The van der Waals surface area contributed by atoms with E-state index in [4.69, 9.17) is 0 Å². The molecule has 1 saturated heterocycles. The smallest absolute Gasteiger partial charge is 0.345 e. The van der Waals surface area contributed by atoms with Crippen molar-refractivity contribution in [2.24, 2.45) is 7.05 Å². The summed E-state index contributed by atoms with van der Waals surface area (Å²) in [6, 6.07) is 6.82. The lowest BCUT2D eigenvalue weighted by Gasteiger charge is -2.31. The Bertz CT molecular complexity index is 948. The number of carbonyl (C=O) groups is 2. The average Bonchev–Trinajstić information content (AvgIpc) is 3.52. The van der Waals surface area contributed by atoms with E-state index in [1.807, 2.05) is 9.47 Å². The molecule has 0 radical (unpaired) electrons. The zero-order valence-electron chi connectivity index (χ0n) is 16.1. The van der Waals surface area contributed by atoms with E-state index in [-0.39, 0.29) is 17.5 Å². The average molecular weight is 384 g/mol. The van der Waals surface area contributed by atoms with Gasteiger partial charge < -0.3 is 9.64 Å². The molecule has 8 nitrogen and oxygen atoms in total. The largest absolute Gasteiger partial charge is 0.465 e. The first-order chi connectivity index (χ1) is 13.5. The van der Waals surface area contributed by atoms with Crippen LogP contribution < -0.4 is 5.69 Å². The van der Waals surface area contributed by atoms with Crippen molar-refractivity contribution in [3.05, 3.63) is 51.7 Å². The summed E-state index contributed by atoms with van der Waals surface area (Å²) in [6.07, 6.45) is 3.65. The van der Waals surface area contributed by atoms with Gasteiger partial charge in [0.05, 0.1) is 12.7 Å². The summed E-state index contributed by atoms with van der Waals surface area (Å²) in [5.74, 6) is 0.595. The maximum Gasteiger partial charge on any atom is 0.345 e. The molecule has 2 heterocycles. The Hall–Kier alpha value is -2.90. The van der Waals surface area contributed by atoms with Crippen molar-refractivity contribution in [2.45, 2.75) is 37.6 Å². The number of nitrogens with zero attached hydrogens (tertiary/aromatic N) is 4. The van der Waals surface area contributed by atoms with E-state index in [1.54, 1.807) is 31.3 Å². The number of carbonyl (C=O) groups excluding carboxylic acids is 2. The van der Waals surface area contributed by atoms with Gasteiger partial charge in [0.25, 0.3) is 5.91 Å². The molecule has 1 saturated carbocycles. The van der Waals surface area contributed by atoms with Crippen LogP contribution in [-0.4, -0.2) is 51.3 Å². The Labute approximate surface area is 162 Å². The van der Waals surface area contributed by atoms with Crippen LogP contribution in [0.15, 0.2) is 29.1 Å². The quantitative estimate of drug-likeness (QED) is 0.749. The predicted octanol–water partition coefficient (Wildman–Crippen LogP) is 1.72. The van der Waals surface area contributed by atoms with Gasteiger partial charge in [-0.1, -0.05) is 0 Å². The highest BCUT2D eigenvalue weighted by molar-refractivity contribution is 5.96. The highest BCUT2D eigenvalue weighted by atomic mass is 16.5. The molecule has 8 heteroatoms. The van der Waals surface area contributed by atoms with E-state index in [9.17, 15) is 14.4 Å². The maximum atomic E-state index is 12.8. The molecule has 1 amide bonds. The van der Waals surface area contributed by atoms with E-state index >= 15 is 0 Å². The van der Waals surface area contributed by atoms with E-state index in [1.165, 1.54) is 11.8 Å². The number of aryl methyl sites for hydroxylation is 1. The molecule has 1 aliphatic heterocycles. The summed E-state index contributed by atoms with van der Waals surface area (Å²) in [5.41, 5.74) is 0.937. The van der Waals surface area contributed by atoms with Crippen molar-refractivity contribution < 1.29 is 14.3 Å². The fourth-order valence-corrected chi connectivity index (χ4v) is 3.84. The van der Waals surface area contributed by atoms with Crippen molar-refractivity contribution in [3.8, 4) is 0 Å². The van der Waals surface area contributed by atoms with Gasteiger partial charge >= 0.3 is 11.7 Å². The number of piperidine rings is 1. The monoisotopic (exact) mass is 384 g/mol. The van der Waals surface area contributed by atoms with Crippen LogP contribution in [0.3, 0.4) is 0 Å². The summed E-state index contributed by atoms with van der Waals surface area (Å²) < 4.78 is 7.96. The number of esters is 1. The van der Waals surface area contributed by atoms with Gasteiger partial charge in [-0.3, -0.25) is 9.36 Å². The van der Waals surface area contributed by atoms with E-state index in [0.29, 0.717) is 30.3 Å². The lowest BCUT2D eigenvalue weighted by atomic mass is 9.95. The topological polar surface area (TPSA) is 86.4 Å². The second kappa shape index (κ2) is 7.26. The summed E-state index contributed by atoms with van der Waals surface area (Å²) in [7, 11) is 3.03. The Morgan fingerprint density at radius 1 is 1.04 bits per heavy atom. The van der Waals surface area contributed by atoms with Gasteiger partial charge in [0.2, 0.25) is 0 Å². The first-order valence-corrected chi connectivity index (χ1v) is 9.62. The highest BCUT2D eigenvalue weighted by Crippen LogP contribution is 2.37. The van der Waals surface area contributed by atoms with Crippen LogP contribution in [-0.2, 0) is 11.8 Å². The summed E-state index contributed by atoms with van der Waals surface area (Å²) in [6.45, 7) is 1.25. The lowest BCUT2D eigenvalue weighted by molar-refractivity contribution is 0.0599. The predicted molar refractivity (Wildman–Crippen MR) is 101 cm³/mol. The molecular formula is C20H24N4O4. The number of aromatic nitrogens is 3. The minimum atomic E-state index is -0.420. The Balaban J connectivity index is 1.43. The van der Waals surface area contributed by atoms with Crippen LogP contribution >= 0.6 is 0 Å². The van der Waals surface area contributed by atoms with Crippen molar-refractivity contribution in [2.75, 3.05) is 20.2 Å².